The fourth-order valence-corrected chi connectivity index (χ4v) is 4.80. The van der Waals surface area contributed by atoms with Crippen molar-refractivity contribution in [1.82, 2.24) is 0 Å². The summed E-state index contributed by atoms with van der Waals surface area (Å²) in [7, 11) is 0. The molecule has 0 aliphatic rings. The first kappa shape index (κ1) is 20.3. The molecule has 0 atom stereocenters. The Bertz CT molecular complexity index is 1470. The van der Waals surface area contributed by atoms with Crippen LogP contribution in [0.2, 0.25) is 0 Å². The fraction of sp³-hybridized carbons (Fsp3) is 0.0625. The van der Waals surface area contributed by atoms with Crippen molar-refractivity contribution in [3.05, 3.63) is 120 Å². The second-order valence-corrected chi connectivity index (χ2v) is 8.54. The lowest BCUT2D eigenvalue weighted by atomic mass is 9.97. The Morgan fingerprint density at radius 1 is 0.412 bits per heavy atom. The van der Waals surface area contributed by atoms with Crippen LogP contribution in [0.3, 0.4) is 0 Å². The van der Waals surface area contributed by atoms with Crippen molar-refractivity contribution in [2.24, 2.45) is 9.98 Å². The highest BCUT2D eigenvalue weighted by Gasteiger charge is 2.06. The molecule has 0 amide bonds. The van der Waals surface area contributed by atoms with Gasteiger partial charge in [-0.15, -0.1) is 0 Å². The van der Waals surface area contributed by atoms with Gasteiger partial charge in [-0.2, -0.15) is 0 Å². The molecular weight excluding hydrogens is 412 g/mol. The van der Waals surface area contributed by atoms with Crippen molar-refractivity contribution in [1.29, 1.82) is 0 Å². The highest BCUT2D eigenvalue weighted by Crippen LogP contribution is 2.28. The van der Waals surface area contributed by atoms with Gasteiger partial charge >= 0.3 is 0 Å². The van der Waals surface area contributed by atoms with Crippen molar-refractivity contribution in [3.8, 4) is 0 Å². The van der Waals surface area contributed by atoms with E-state index in [0.717, 1.165) is 0 Å². The molecule has 0 unspecified atom stereocenters. The molecule has 0 bridgehead atoms. The Morgan fingerprint density at radius 3 is 1.03 bits per heavy atom. The summed E-state index contributed by atoms with van der Waals surface area (Å²) >= 11 is 0. The first-order valence-electron chi connectivity index (χ1n) is 11.7. The lowest BCUT2D eigenvalue weighted by molar-refractivity contribution is 0.985. The molecular formula is C32H24N2. The van der Waals surface area contributed by atoms with Gasteiger partial charge in [-0.3, -0.25) is 9.98 Å². The Kier molecular flexibility index (Phi) is 5.33. The first-order valence-corrected chi connectivity index (χ1v) is 11.7. The van der Waals surface area contributed by atoms with E-state index in [1.54, 1.807) is 0 Å². The Morgan fingerprint density at radius 2 is 0.706 bits per heavy atom. The summed E-state index contributed by atoms with van der Waals surface area (Å²) in [5.74, 6) is 0. The summed E-state index contributed by atoms with van der Waals surface area (Å²) < 4.78 is 0. The van der Waals surface area contributed by atoms with Crippen molar-refractivity contribution in [3.63, 3.8) is 0 Å². The first-order chi connectivity index (χ1) is 16.9. The smallest absolute Gasteiger partial charge is 0.0585 e. The molecule has 0 radical (unpaired) electrons. The molecule has 2 nitrogen and oxygen atoms in total. The maximum Gasteiger partial charge on any atom is 0.0585 e. The summed E-state index contributed by atoms with van der Waals surface area (Å²) in [6.07, 6.45) is 4.04. The average Bonchev–Trinajstić information content (AvgIpc) is 2.89. The Hall–Kier alpha value is -4.30. The van der Waals surface area contributed by atoms with Gasteiger partial charge in [-0.25, -0.2) is 0 Å². The van der Waals surface area contributed by atoms with Crippen molar-refractivity contribution >= 4 is 55.5 Å². The largest absolute Gasteiger partial charge is 0.291 e. The second kappa shape index (κ2) is 8.92. The van der Waals surface area contributed by atoms with E-state index >= 15 is 0 Å². The summed E-state index contributed by atoms with van der Waals surface area (Å²) in [6.45, 7) is 1.30. The third-order valence-corrected chi connectivity index (χ3v) is 6.42. The van der Waals surface area contributed by atoms with E-state index in [1.165, 1.54) is 54.2 Å². The number of fused-ring (bicyclic) bond motifs is 4. The zero-order valence-electron chi connectivity index (χ0n) is 18.9. The van der Waals surface area contributed by atoms with E-state index in [9.17, 15) is 0 Å². The van der Waals surface area contributed by atoms with Gasteiger partial charge < -0.3 is 0 Å². The maximum absolute atomic E-state index is 4.76. The number of hydrogen-bond donors (Lipinski definition) is 0. The van der Waals surface area contributed by atoms with Gasteiger partial charge in [0, 0.05) is 23.6 Å². The van der Waals surface area contributed by atoms with Gasteiger partial charge in [0.15, 0.2) is 0 Å². The number of benzene rings is 6. The van der Waals surface area contributed by atoms with E-state index in [4.69, 9.17) is 9.98 Å². The molecule has 6 aromatic rings. The van der Waals surface area contributed by atoms with Crippen molar-refractivity contribution in [2.75, 3.05) is 13.1 Å². The highest BCUT2D eigenvalue weighted by atomic mass is 14.8. The van der Waals surface area contributed by atoms with E-state index in [2.05, 4.69) is 109 Å². The summed E-state index contributed by atoms with van der Waals surface area (Å²) in [4.78, 5) is 9.52. The minimum Gasteiger partial charge on any atom is -0.291 e. The number of aliphatic imine (C=N–C) groups is 2. The highest BCUT2D eigenvalue weighted by molar-refractivity contribution is 6.14. The summed E-state index contributed by atoms with van der Waals surface area (Å²) in [6, 6.07) is 38.6. The van der Waals surface area contributed by atoms with Crippen LogP contribution in [0.15, 0.2) is 119 Å². The van der Waals surface area contributed by atoms with Crippen LogP contribution in [0.4, 0.5) is 0 Å². The molecule has 2 heteroatoms. The van der Waals surface area contributed by atoms with Crippen molar-refractivity contribution < 1.29 is 0 Å². The van der Waals surface area contributed by atoms with Crippen LogP contribution >= 0.6 is 0 Å². The SMILES string of the molecule is C(=NCCN=Cc1c2ccccc2cc2ccccc12)c1c2ccccc2cc2ccccc12. The quantitative estimate of drug-likeness (QED) is 0.149. The minimum absolute atomic E-state index is 0.650. The van der Waals surface area contributed by atoms with Gasteiger partial charge in [0.2, 0.25) is 0 Å². The monoisotopic (exact) mass is 436 g/mol. The van der Waals surface area contributed by atoms with Gasteiger partial charge in [-0.05, 0) is 55.2 Å². The number of rotatable bonds is 5. The van der Waals surface area contributed by atoms with E-state index in [0.29, 0.717) is 13.1 Å². The molecule has 0 N–H and O–H groups in total. The average molecular weight is 437 g/mol. The van der Waals surface area contributed by atoms with Crippen molar-refractivity contribution in [2.45, 2.75) is 0 Å². The van der Waals surface area contributed by atoms with Crippen LogP contribution < -0.4 is 0 Å². The molecule has 6 aromatic carbocycles. The molecule has 6 rings (SSSR count). The molecule has 0 saturated carbocycles. The van der Waals surface area contributed by atoms with E-state index < -0.39 is 0 Å². The van der Waals surface area contributed by atoms with Crippen LogP contribution in [-0.4, -0.2) is 25.5 Å². The van der Waals surface area contributed by atoms with Gasteiger partial charge in [0.05, 0.1) is 13.1 Å². The predicted octanol–water partition coefficient (Wildman–Crippen LogP) is 7.84. The normalized spacial score (nSPS) is 12.1. The standard InChI is InChI=1S/C32H24N2/c1-5-13-27-23(9-1)19-24-10-2-6-14-28(24)31(27)21-33-17-18-34-22-32-29-15-7-3-11-25(29)20-26-12-4-8-16-30(26)32/h1-16,19-22H,17-18H2. The fourth-order valence-electron chi connectivity index (χ4n) is 4.80. The molecule has 0 saturated heterocycles. The second-order valence-electron chi connectivity index (χ2n) is 8.54. The molecule has 0 aliphatic carbocycles. The zero-order chi connectivity index (χ0) is 22.7. The maximum atomic E-state index is 4.76. The molecule has 34 heavy (non-hydrogen) atoms. The molecule has 0 aromatic heterocycles. The van der Waals surface area contributed by atoms with Crippen LogP contribution in [0.1, 0.15) is 11.1 Å². The summed E-state index contributed by atoms with van der Waals surface area (Å²) in [5, 5.41) is 9.89. The van der Waals surface area contributed by atoms with Gasteiger partial charge in [-0.1, -0.05) is 97.1 Å². The van der Waals surface area contributed by atoms with Crippen LogP contribution in [0, 0.1) is 0 Å². The molecule has 0 heterocycles. The summed E-state index contributed by atoms with van der Waals surface area (Å²) in [5.41, 5.74) is 2.36. The molecule has 0 spiro atoms. The van der Waals surface area contributed by atoms with Crippen LogP contribution in [-0.2, 0) is 0 Å². The molecule has 0 aliphatic heterocycles. The number of nitrogens with zero attached hydrogens (tertiary/aromatic N) is 2. The van der Waals surface area contributed by atoms with Crippen LogP contribution in [0.5, 0.6) is 0 Å². The van der Waals surface area contributed by atoms with Gasteiger partial charge in [0.25, 0.3) is 0 Å². The Labute approximate surface area is 198 Å². The number of hydrogen-bond acceptors (Lipinski definition) is 2. The lowest BCUT2D eigenvalue weighted by Crippen LogP contribution is -1.94. The lowest BCUT2D eigenvalue weighted by Gasteiger charge is -2.08. The van der Waals surface area contributed by atoms with E-state index in [1.807, 2.05) is 12.4 Å². The zero-order valence-corrected chi connectivity index (χ0v) is 18.9. The topological polar surface area (TPSA) is 24.7 Å². The molecule has 0 fully saturated rings. The minimum atomic E-state index is 0.650. The van der Waals surface area contributed by atoms with Gasteiger partial charge in [0.1, 0.15) is 0 Å². The third kappa shape index (κ3) is 3.74. The Balaban J connectivity index is 1.28. The van der Waals surface area contributed by atoms with E-state index in [-0.39, 0.29) is 0 Å². The van der Waals surface area contributed by atoms with Crippen LogP contribution in [0.25, 0.3) is 43.1 Å². The predicted molar refractivity (Wildman–Crippen MR) is 148 cm³/mol. The molecule has 162 valence electrons. The third-order valence-electron chi connectivity index (χ3n) is 6.42.